The molecule has 0 amide bonds. The van der Waals surface area contributed by atoms with E-state index in [2.05, 4.69) is 9.88 Å². The minimum Gasteiger partial charge on any atom is -0.396 e. The molecule has 7 heteroatoms. The Balaban J connectivity index is 2.49. The minimum atomic E-state index is -3.41. The summed E-state index contributed by atoms with van der Waals surface area (Å²) < 4.78 is 31.1. The number of hydrogen-bond acceptors (Lipinski definition) is 5. The largest absolute Gasteiger partial charge is 0.396 e. The average molecular weight is 290 g/mol. The second-order valence-corrected chi connectivity index (χ2v) is 6.51. The Morgan fingerprint density at radius 3 is 2.74 bits per heavy atom. The highest BCUT2D eigenvalue weighted by Gasteiger charge is 2.16. The number of rotatable bonds is 9. The van der Waals surface area contributed by atoms with Crippen LogP contribution in [-0.2, 0) is 15.8 Å². The summed E-state index contributed by atoms with van der Waals surface area (Å²) in [7, 11) is -3.41. The lowest BCUT2D eigenvalue weighted by molar-refractivity contribution is 0.251. The normalized spacial score (nSPS) is 13.6. The average Bonchev–Trinajstić information content (AvgIpc) is 2.71. The van der Waals surface area contributed by atoms with Gasteiger partial charge >= 0.3 is 0 Å². The molecule has 0 fully saturated rings. The predicted octanol–water partition coefficient (Wildman–Crippen LogP) is 1.20. The van der Waals surface area contributed by atoms with Crippen molar-refractivity contribution >= 4 is 10.0 Å². The standard InChI is InChI=1S/C12H22N2O4S/c1-3-4-11(5-6-15)8-13-19(16,17)9-12-7-10(2)18-14-12/h7,11,13,15H,3-6,8-9H2,1-2H3. The lowest BCUT2D eigenvalue weighted by Crippen LogP contribution is -2.31. The molecule has 0 radical (unpaired) electrons. The molecule has 0 saturated heterocycles. The monoisotopic (exact) mass is 290 g/mol. The van der Waals surface area contributed by atoms with Crippen LogP contribution in [0.25, 0.3) is 0 Å². The second-order valence-electron chi connectivity index (χ2n) is 4.70. The molecule has 110 valence electrons. The molecule has 0 aliphatic carbocycles. The number of hydrogen-bond donors (Lipinski definition) is 2. The van der Waals surface area contributed by atoms with Crippen molar-refractivity contribution in [2.45, 2.75) is 38.9 Å². The summed E-state index contributed by atoms with van der Waals surface area (Å²) in [5.41, 5.74) is 0.402. The van der Waals surface area contributed by atoms with Crippen molar-refractivity contribution in [2.24, 2.45) is 5.92 Å². The molecule has 0 aromatic carbocycles. The molecule has 0 aliphatic rings. The van der Waals surface area contributed by atoms with E-state index in [0.717, 1.165) is 12.8 Å². The van der Waals surface area contributed by atoms with Gasteiger partial charge in [0.25, 0.3) is 0 Å². The summed E-state index contributed by atoms with van der Waals surface area (Å²) in [5, 5.41) is 12.6. The van der Waals surface area contributed by atoms with Crippen molar-refractivity contribution in [2.75, 3.05) is 13.2 Å². The third-order valence-corrected chi connectivity index (χ3v) is 4.12. The molecule has 1 rings (SSSR count). The number of sulfonamides is 1. The van der Waals surface area contributed by atoms with Crippen LogP contribution in [-0.4, -0.2) is 31.8 Å². The number of aromatic nitrogens is 1. The summed E-state index contributed by atoms with van der Waals surface area (Å²) in [6.45, 7) is 4.19. The first-order chi connectivity index (χ1) is 8.96. The lowest BCUT2D eigenvalue weighted by Gasteiger charge is -2.15. The highest BCUT2D eigenvalue weighted by Crippen LogP contribution is 2.11. The van der Waals surface area contributed by atoms with E-state index >= 15 is 0 Å². The van der Waals surface area contributed by atoms with Crippen LogP contribution in [0.3, 0.4) is 0 Å². The Morgan fingerprint density at radius 2 is 2.21 bits per heavy atom. The fraction of sp³-hybridized carbons (Fsp3) is 0.750. The number of nitrogens with zero attached hydrogens (tertiary/aromatic N) is 1. The van der Waals surface area contributed by atoms with E-state index in [4.69, 9.17) is 9.63 Å². The quantitative estimate of drug-likeness (QED) is 0.713. The highest BCUT2D eigenvalue weighted by atomic mass is 32.2. The van der Waals surface area contributed by atoms with Gasteiger partial charge in [-0.2, -0.15) is 0 Å². The van der Waals surface area contributed by atoms with Crippen molar-refractivity contribution in [1.82, 2.24) is 9.88 Å². The van der Waals surface area contributed by atoms with E-state index in [0.29, 0.717) is 24.4 Å². The van der Waals surface area contributed by atoms with Gasteiger partial charge in [-0.05, 0) is 25.7 Å². The molecular weight excluding hydrogens is 268 g/mol. The first-order valence-electron chi connectivity index (χ1n) is 6.47. The predicted molar refractivity (Wildman–Crippen MR) is 72.0 cm³/mol. The first kappa shape index (κ1) is 16.1. The van der Waals surface area contributed by atoms with E-state index in [1.54, 1.807) is 13.0 Å². The first-order valence-corrected chi connectivity index (χ1v) is 8.12. The molecule has 0 aliphatic heterocycles. The number of aliphatic hydroxyl groups is 1. The molecule has 1 atom stereocenters. The maximum Gasteiger partial charge on any atom is 0.217 e. The van der Waals surface area contributed by atoms with Gasteiger partial charge in [0.05, 0.1) is 0 Å². The van der Waals surface area contributed by atoms with Gasteiger partial charge in [-0.1, -0.05) is 18.5 Å². The van der Waals surface area contributed by atoms with Crippen LogP contribution in [0.4, 0.5) is 0 Å². The fourth-order valence-corrected chi connectivity index (χ4v) is 3.03. The Hall–Kier alpha value is -0.920. The lowest BCUT2D eigenvalue weighted by atomic mass is 10.0. The van der Waals surface area contributed by atoms with Gasteiger partial charge in [0.1, 0.15) is 17.2 Å². The molecule has 1 unspecified atom stereocenters. The molecule has 1 heterocycles. The molecule has 19 heavy (non-hydrogen) atoms. The summed E-state index contributed by atoms with van der Waals surface area (Å²) in [6, 6.07) is 1.61. The molecule has 2 N–H and O–H groups in total. The molecule has 1 aromatic rings. The van der Waals surface area contributed by atoms with Gasteiger partial charge in [-0.3, -0.25) is 0 Å². The van der Waals surface area contributed by atoms with Gasteiger partial charge in [0.2, 0.25) is 10.0 Å². The van der Waals surface area contributed by atoms with Crippen LogP contribution in [0.2, 0.25) is 0 Å². The van der Waals surface area contributed by atoms with Crippen LogP contribution in [0.15, 0.2) is 10.6 Å². The summed E-state index contributed by atoms with van der Waals surface area (Å²) in [5.74, 6) is 0.584. The van der Waals surface area contributed by atoms with E-state index in [1.165, 1.54) is 0 Å². The molecule has 6 nitrogen and oxygen atoms in total. The minimum absolute atomic E-state index is 0.0782. The maximum absolute atomic E-state index is 11.9. The smallest absolute Gasteiger partial charge is 0.217 e. The summed E-state index contributed by atoms with van der Waals surface area (Å²) >= 11 is 0. The Labute approximate surface area is 114 Å². The van der Waals surface area contributed by atoms with Crippen molar-refractivity contribution in [3.8, 4) is 0 Å². The van der Waals surface area contributed by atoms with Crippen LogP contribution >= 0.6 is 0 Å². The van der Waals surface area contributed by atoms with E-state index in [1.807, 2.05) is 6.92 Å². The van der Waals surface area contributed by atoms with Crippen LogP contribution < -0.4 is 4.72 Å². The summed E-state index contributed by atoms with van der Waals surface area (Å²) in [6.07, 6.45) is 2.47. The van der Waals surface area contributed by atoms with Crippen LogP contribution in [0.5, 0.6) is 0 Å². The number of aryl methyl sites for hydroxylation is 1. The number of aliphatic hydroxyl groups excluding tert-OH is 1. The molecule has 1 aromatic heterocycles. The van der Waals surface area contributed by atoms with Gasteiger partial charge in [0, 0.05) is 19.2 Å². The molecule has 0 spiro atoms. The van der Waals surface area contributed by atoms with Crippen LogP contribution in [0, 0.1) is 12.8 Å². The highest BCUT2D eigenvalue weighted by molar-refractivity contribution is 7.88. The molecular formula is C12H22N2O4S. The zero-order valence-corrected chi connectivity index (χ0v) is 12.2. The van der Waals surface area contributed by atoms with Gasteiger partial charge in [-0.25, -0.2) is 13.1 Å². The number of nitrogens with one attached hydrogen (secondary N) is 1. The van der Waals surface area contributed by atoms with Gasteiger partial charge in [-0.15, -0.1) is 0 Å². The Kier molecular flexibility index (Phi) is 6.47. The summed E-state index contributed by atoms with van der Waals surface area (Å²) in [4.78, 5) is 0. The maximum atomic E-state index is 11.9. The van der Waals surface area contributed by atoms with Crippen LogP contribution in [0.1, 0.15) is 37.6 Å². The molecule has 0 bridgehead atoms. The zero-order chi connectivity index (χ0) is 14.3. The third-order valence-electron chi connectivity index (χ3n) is 2.84. The van der Waals surface area contributed by atoms with E-state index in [9.17, 15) is 8.42 Å². The van der Waals surface area contributed by atoms with Gasteiger partial charge in [0.15, 0.2) is 0 Å². The van der Waals surface area contributed by atoms with Crippen molar-refractivity contribution in [3.63, 3.8) is 0 Å². The zero-order valence-electron chi connectivity index (χ0n) is 11.4. The topological polar surface area (TPSA) is 92.4 Å². The van der Waals surface area contributed by atoms with E-state index < -0.39 is 10.0 Å². The third kappa shape index (κ3) is 6.17. The molecule has 0 saturated carbocycles. The van der Waals surface area contributed by atoms with Crippen molar-refractivity contribution in [1.29, 1.82) is 0 Å². The Morgan fingerprint density at radius 1 is 1.47 bits per heavy atom. The van der Waals surface area contributed by atoms with Gasteiger partial charge < -0.3 is 9.63 Å². The second kappa shape index (κ2) is 7.62. The Bertz CT molecular complexity index is 464. The van der Waals surface area contributed by atoms with Crippen molar-refractivity contribution in [3.05, 3.63) is 17.5 Å². The van der Waals surface area contributed by atoms with E-state index in [-0.39, 0.29) is 18.3 Å². The SMILES string of the molecule is CCCC(CCO)CNS(=O)(=O)Cc1cc(C)on1. The fourth-order valence-electron chi connectivity index (χ4n) is 1.92. The van der Waals surface area contributed by atoms with Crippen molar-refractivity contribution < 1.29 is 18.0 Å².